The molecule has 1 fully saturated rings. The minimum absolute atomic E-state index is 0.345. The standard InChI is InChI=1S/C19H34N4OS/c1-4-20-18(22-15-19(2,24)16-10-13-25-14-16)21-11-12-23(3)17-8-6-5-7-9-17/h10,13-14,17,24H,4-9,11-12,15H2,1-3H3,(H2,20,21,22). The largest absolute Gasteiger partial charge is 0.383 e. The van der Waals surface area contributed by atoms with E-state index >= 15 is 0 Å². The minimum Gasteiger partial charge on any atom is -0.383 e. The number of thiophene rings is 1. The molecule has 3 N–H and O–H groups in total. The fourth-order valence-corrected chi connectivity index (χ4v) is 4.07. The summed E-state index contributed by atoms with van der Waals surface area (Å²) in [5.41, 5.74) is -0.00420. The summed E-state index contributed by atoms with van der Waals surface area (Å²) in [6, 6.07) is 2.69. The predicted octanol–water partition coefficient (Wildman–Crippen LogP) is 2.78. The van der Waals surface area contributed by atoms with Gasteiger partial charge in [-0.3, -0.25) is 0 Å². The van der Waals surface area contributed by atoms with Crippen LogP contribution >= 0.6 is 11.3 Å². The van der Waals surface area contributed by atoms with Crippen molar-refractivity contribution in [1.82, 2.24) is 15.5 Å². The van der Waals surface area contributed by atoms with Gasteiger partial charge in [0.05, 0.1) is 6.54 Å². The van der Waals surface area contributed by atoms with Crippen LogP contribution < -0.4 is 10.6 Å². The molecule has 0 radical (unpaired) electrons. The van der Waals surface area contributed by atoms with Gasteiger partial charge in [-0.05, 0) is 56.1 Å². The Hall–Kier alpha value is -1.11. The molecule has 6 heteroatoms. The molecule has 0 spiro atoms. The molecular weight excluding hydrogens is 332 g/mol. The van der Waals surface area contributed by atoms with Gasteiger partial charge in [-0.15, -0.1) is 0 Å². The molecule has 0 saturated heterocycles. The fraction of sp³-hybridized carbons (Fsp3) is 0.737. The van der Waals surface area contributed by atoms with Crippen molar-refractivity contribution in [2.75, 3.05) is 33.2 Å². The second-order valence-electron chi connectivity index (χ2n) is 7.18. The van der Waals surface area contributed by atoms with Crippen molar-refractivity contribution in [2.45, 2.75) is 57.6 Å². The fourth-order valence-electron chi connectivity index (χ4n) is 3.29. The summed E-state index contributed by atoms with van der Waals surface area (Å²) in [4.78, 5) is 7.05. The SMILES string of the molecule is CCNC(=NCC(C)(O)c1ccsc1)NCCN(C)C1CCCCC1. The third-order valence-corrected chi connectivity index (χ3v) is 5.67. The van der Waals surface area contributed by atoms with Crippen molar-refractivity contribution in [3.8, 4) is 0 Å². The Morgan fingerprint density at radius 2 is 2.12 bits per heavy atom. The average Bonchev–Trinajstić information content (AvgIpc) is 3.16. The lowest BCUT2D eigenvalue weighted by molar-refractivity contribution is 0.0677. The number of nitrogens with zero attached hydrogens (tertiary/aromatic N) is 2. The highest BCUT2D eigenvalue weighted by atomic mass is 32.1. The van der Waals surface area contributed by atoms with Crippen molar-refractivity contribution >= 4 is 17.3 Å². The van der Waals surface area contributed by atoms with Crippen LogP contribution in [0, 0.1) is 0 Å². The first kappa shape index (κ1) is 20.2. The van der Waals surface area contributed by atoms with E-state index in [4.69, 9.17) is 0 Å². The van der Waals surface area contributed by atoms with Crippen LogP contribution in [-0.4, -0.2) is 55.2 Å². The topological polar surface area (TPSA) is 59.9 Å². The van der Waals surface area contributed by atoms with E-state index in [1.807, 2.05) is 23.8 Å². The van der Waals surface area contributed by atoms with E-state index in [0.717, 1.165) is 37.2 Å². The van der Waals surface area contributed by atoms with Crippen molar-refractivity contribution in [3.63, 3.8) is 0 Å². The molecule has 142 valence electrons. The quantitative estimate of drug-likeness (QED) is 0.489. The Labute approximate surface area is 156 Å². The number of hydrogen-bond acceptors (Lipinski definition) is 4. The van der Waals surface area contributed by atoms with E-state index < -0.39 is 5.60 Å². The van der Waals surface area contributed by atoms with Crippen LogP contribution in [-0.2, 0) is 5.60 Å². The summed E-state index contributed by atoms with van der Waals surface area (Å²) < 4.78 is 0. The molecule has 0 bridgehead atoms. The van der Waals surface area contributed by atoms with Crippen LogP contribution in [0.15, 0.2) is 21.8 Å². The van der Waals surface area contributed by atoms with Crippen molar-refractivity contribution in [1.29, 1.82) is 0 Å². The lowest BCUT2D eigenvalue weighted by Crippen LogP contribution is -2.44. The maximum atomic E-state index is 10.6. The van der Waals surface area contributed by atoms with Gasteiger partial charge in [-0.25, -0.2) is 4.99 Å². The van der Waals surface area contributed by atoms with Gasteiger partial charge in [0.15, 0.2) is 5.96 Å². The normalized spacial score (nSPS) is 19.0. The van der Waals surface area contributed by atoms with Gasteiger partial charge < -0.3 is 20.6 Å². The van der Waals surface area contributed by atoms with Crippen LogP contribution in [0.2, 0.25) is 0 Å². The third-order valence-electron chi connectivity index (χ3n) is 4.99. The van der Waals surface area contributed by atoms with Crippen LogP contribution in [0.25, 0.3) is 0 Å². The van der Waals surface area contributed by atoms with E-state index in [2.05, 4.69) is 34.5 Å². The van der Waals surface area contributed by atoms with Crippen LogP contribution in [0.3, 0.4) is 0 Å². The average molecular weight is 367 g/mol. The molecule has 0 aromatic carbocycles. The number of rotatable bonds is 8. The summed E-state index contributed by atoms with van der Waals surface area (Å²) >= 11 is 1.60. The third kappa shape index (κ3) is 6.60. The first-order chi connectivity index (χ1) is 12.0. The van der Waals surface area contributed by atoms with Crippen molar-refractivity contribution < 1.29 is 5.11 Å². The summed E-state index contributed by atoms with van der Waals surface area (Å²) in [6.07, 6.45) is 6.78. The number of hydrogen-bond donors (Lipinski definition) is 3. The first-order valence-electron chi connectivity index (χ1n) is 9.50. The zero-order valence-corrected chi connectivity index (χ0v) is 16.7. The number of nitrogens with one attached hydrogen (secondary N) is 2. The predicted molar refractivity (Wildman–Crippen MR) is 107 cm³/mol. The molecule has 0 amide bonds. The molecule has 1 aromatic rings. The molecule has 2 rings (SSSR count). The number of aliphatic hydroxyl groups is 1. The Morgan fingerprint density at radius 3 is 2.76 bits per heavy atom. The van der Waals surface area contributed by atoms with E-state index in [-0.39, 0.29) is 0 Å². The van der Waals surface area contributed by atoms with Gasteiger partial charge in [0.25, 0.3) is 0 Å². The molecule has 1 aliphatic carbocycles. The molecule has 1 atom stereocenters. The lowest BCUT2D eigenvalue weighted by Gasteiger charge is -2.31. The van der Waals surface area contributed by atoms with E-state index in [1.54, 1.807) is 11.3 Å². The maximum Gasteiger partial charge on any atom is 0.191 e. The van der Waals surface area contributed by atoms with Gasteiger partial charge in [-0.2, -0.15) is 11.3 Å². The molecule has 1 aromatic heterocycles. The highest BCUT2D eigenvalue weighted by Gasteiger charge is 2.23. The zero-order valence-electron chi connectivity index (χ0n) is 15.9. The van der Waals surface area contributed by atoms with E-state index in [0.29, 0.717) is 6.54 Å². The summed E-state index contributed by atoms with van der Waals surface area (Å²) in [7, 11) is 2.23. The van der Waals surface area contributed by atoms with Crippen LogP contribution in [0.1, 0.15) is 51.5 Å². The van der Waals surface area contributed by atoms with Gasteiger partial charge in [0.2, 0.25) is 0 Å². The highest BCUT2D eigenvalue weighted by Crippen LogP contribution is 2.23. The number of likely N-dealkylation sites (N-methyl/N-ethyl adjacent to an activating group) is 1. The summed E-state index contributed by atoms with van der Waals surface area (Å²) in [6.45, 7) is 6.90. The molecule has 0 aliphatic heterocycles. The Kier molecular flexibility index (Phi) is 8.19. The summed E-state index contributed by atoms with van der Waals surface area (Å²) in [5.74, 6) is 0.773. The van der Waals surface area contributed by atoms with E-state index in [9.17, 15) is 5.11 Å². The molecule has 25 heavy (non-hydrogen) atoms. The van der Waals surface area contributed by atoms with Gasteiger partial charge >= 0.3 is 0 Å². The van der Waals surface area contributed by atoms with Crippen LogP contribution in [0.4, 0.5) is 0 Å². The highest BCUT2D eigenvalue weighted by molar-refractivity contribution is 7.08. The van der Waals surface area contributed by atoms with E-state index in [1.165, 1.54) is 32.1 Å². The molecule has 1 heterocycles. The Balaban J connectivity index is 1.81. The molecule has 1 aliphatic rings. The van der Waals surface area contributed by atoms with Crippen molar-refractivity contribution in [3.05, 3.63) is 22.4 Å². The molecular formula is C19H34N4OS. The Bertz CT molecular complexity index is 510. The summed E-state index contributed by atoms with van der Waals surface area (Å²) in [5, 5.41) is 21.2. The van der Waals surface area contributed by atoms with Crippen molar-refractivity contribution in [2.24, 2.45) is 4.99 Å². The lowest BCUT2D eigenvalue weighted by atomic mass is 9.94. The molecule has 5 nitrogen and oxygen atoms in total. The van der Waals surface area contributed by atoms with Gasteiger partial charge in [0.1, 0.15) is 5.60 Å². The molecule has 1 unspecified atom stereocenters. The van der Waals surface area contributed by atoms with Crippen LogP contribution in [0.5, 0.6) is 0 Å². The number of aliphatic imine (C=N–C) groups is 1. The maximum absolute atomic E-state index is 10.6. The van der Waals surface area contributed by atoms with Gasteiger partial charge in [-0.1, -0.05) is 19.3 Å². The number of guanidine groups is 1. The first-order valence-corrected chi connectivity index (χ1v) is 10.4. The zero-order chi connectivity index (χ0) is 18.1. The second-order valence-corrected chi connectivity index (χ2v) is 7.96. The monoisotopic (exact) mass is 366 g/mol. The van der Waals surface area contributed by atoms with Gasteiger partial charge in [0, 0.05) is 25.7 Å². The second kappa shape index (κ2) is 10.1. The minimum atomic E-state index is -0.929. The smallest absolute Gasteiger partial charge is 0.191 e. The Morgan fingerprint density at radius 1 is 1.36 bits per heavy atom. The molecule has 1 saturated carbocycles.